The molecule has 38 heavy (non-hydrogen) atoms. The van der Waals surface area contributed by atoms with Crippen LogP contribution in [-0.4, -0.2) is 37.4 Å². The molecule has 0 amide bonds. The van der Waals surface area contributed by atoms with Crippen LogP contribution in [0, 0.1) is 52.3 Å². The Kier molecular flexibility index (Phi) is 8.12. The van der Waals surface area contributed by atoms with Gasteiger partial charge in [0.25, 0.3) is 0 Å². The van der Waals surface area contributed by atoms with E-state index in [0.29, 0.717) is 42.1 Å². The van der Waals surface area contributed by atoms with E-state index in [0.717, 1.165) is 37.7 Å². The fourth-order valence-corrected chi connectivity index (χ4v) is 11.6. The maximum Gasteiger partial charge on any atom is 0.215 e. The van der Waals surface area contributed by atoms with Crippen molar-refractivity contribution < 1.29 is 18.6 Å². The maximum atomic E-state index is 12.7. The summed E-state index contributed by atoms with van der Waals surface area (Å²) in [4.78, 5) is 0. The van der Waals surface area contributed by atoms with Gasteiger partial charge < -0.3 is 10.2 Å². The molecule has 0 bridgehead atoms. The predicted molar refractivity (Wildman–Crippen MR) is 153 cm³/mol. The minimum atomic E-state index is -3.35. The van der Waals surface area contributed by atoms with Gasteiger partial charge in [0.2, 0.25) is 10.0 Å². The maximum absolute atomic E-state index is 12.7. The van der Waals surface area contributed by atoms with Crippen LogP contribution in [0.4, 0.5) is 0 Å². The van der Waals surface area contributed by atoms with Gasteiger partial charge in [0.15, 0.2) is 0 Å². The average molecular weight is 546 g/mol. The second-order valence-electron chi connectivity index (χ2n) is 14.0. The van der Waals surface area contributed by atoms with Gasteiger partial charge in [-0.05, 0) is 109 Å². The quantitative estimate of drug-likeness (QED) is 0.388. The van der Waals surface area contributed by atoms with Gasteiger partial charge in [0.1, 0.15) is 0 Å². The monoisotopic (exact) mass is 545 g/mol. The van der Waals surface area contributed by atoms with E-state index in [4.69, 9.17) is 0 Å². The van der Waals surface area contributed by atoms with Crippen LogP contribution in [0.1, 0.15) is 91.0 Å². The summed E-state index contributed by atoms with van der Waals surface area (Å²) in [5, 5.41) is 22.4. The molecule has 4 aliphatic carbocycles. The molecular formula is C32H51NO4S. The molecule has 6 heteroatoms. The molecule has 0 saturated heterocycles. The number of benzene rings is 1. The summed E-state index contributed by atoms with van der Waals surface area (Å²) in [6, 6.07) is 9.38. The minimum Gasteiger partial charge on any atom is -0.393 e. The summed E-state index contributed by atoms with van der Waals surface area (Å²) in [5.41, 5.74) is 1.25. The van der Waals surface area contributed by atoms with Crippen molar-refractivity contribution in [3.05, 3.63) is 35.9 Å². The van der Waals surface area contributed by atoms with Gasteiger partial charge in [0.05, 0.1) is 18.0 Å². The highest BCUT2D eigenvalue weighted by Gasteiger charge is 2.64. The molecular weight excluding hydrogens is 494 g/mol. The van der Waals surface area contributed by atoms with Crippen LogP contribution in [0.3, 0.4) is 0 Å². The summed E-state index contributed by atoms with van der Waals surface area (Å²) in [7, 11) is -3.35. The highest BCUT2D eigenvalue weighted by molar-refractivity contribution is 7.88. The van der Waals surface area contributed by atoms with E-state index >= 15 is 0 Å². The molecule has 0 aliphatic heterocycles. The first-order valence-corrected chi connectivity index (χ1v) is 17.0. The van der Waals surface area contributed by atoms with Crippen LogP contribution in [0.5, 0.6) is 0 Å². The van der Waals surface area contributed by atoms with E-state index in [2.05, 4.69) is 32.4 Å². The van der Waals surface area contributed by atoms with E-state index < -0.39 is 10.0 Å². The summed E-state index contributed by atoms with van der Waals surface area (Å²) in [5.74, 6) is 3.20. The molecule has 4 unspecified atom stereocenters. The van der Waals surface area contributed by atoms with Crippen molar-refractivity contribution in [3.63, 3.8) is 0 Å². The van der Waals surface area contributed by atoms with E-state index in [1.165, 1.54) is 25.7 Å². The van der Waals surface area contributed by atoms with Crippen LogP contribution in [-0.2, 0) is 15.8 Å². The normalized spacial score (nSPS) is 43.6. The smallest absolute Gasteiger partial charge is 0.215 e. The molecule has 214 valence electrons. The molecule has 0 spiro atoms. The van der Waals surface area contributed by atoms with Crippen molar-refractivity contribution in [1.29, 1.82) is 0 Å². The zero-order valence-electron chi connectivity index (χ0n) is 24.0. The second-order valence-corrected chi connectivity index (χ2v) is 15.8. The van der Waals surface area contributed by atoms with E-state index in [1.54, 1.807) is 0 Å². The van der Waals surface area contributed by atoms with Gasteiger partial charge in [-0.25, -0.2) is 13.1 Å². The zero-order chi connectivity index (χ0) is 27.3. The highest BCUT2D eigenvalue weighted by atomic mass is 32.2. The lowest BCUT2D eigenvalue weighted by molar-refractivity contribution is -0.203. The first-order valence-electron chi connectivity index (χ1n) is 15.4. The number of nitrogens with one attached hydrogen (secondary N) is 1. The van der Waals surface area contributed by atoms with Gasteiger partial charge in [-0.3, -0.25) is 0 Å². The summed E-state index contributed by atoms with van der Waals surface area (Å²) >= 11 is 0. The Hall–Kier alpha value is -0.950. The van der Waals surface area contributed by atoms with Crippen LogP contribution in [0.25, 0.3) is 0 Å². The van der Waals surface area contributed by atoms with Gasteiger partial charge in [0, 0.05) is 6.54 Å². The Morgan fingerprint density at radius 1 is 0.974 bits per heavy atom. The Bertz CT molecular complexity index is 1060. The zero-order valence-corrected chi connectivity index (χ0v) is 24.8. The minimum absolute atomic E-state index is 0.0295. The molecule has 4 saturated carbocycles. The number of hydrogen-bond acceptors (Lipinski definition) is 4. The molecule has 4 fully saturated rings. The fraction of sp³-hybridized carbons (Fsp3) is 0.812. The molecule has 0 aromatic heterocycles. The lowest BCUT2D eigenvalue weighted by Gasteiger charge is -2.64. The Labute approximate surface area is 231 Å². The number of sulfonamides is 1. The van der Waals surface area contributed by atoms with Crippen LogP contribution >= 0.6 is 0 Å². The standard InChI is InChI=1S/C32H51NO4S/c1-5-24-28-19-23(34)13-16-32(28,4)27-14-17-31(3)25(11-12-26(31)29(27)30(24)35)21(2)15-18-33-38(36,37)20-22-9-7-6-8-10-22/h6-10,21,23-30,33-35H,5,11-20H2,1-4H3/t21-,23-,24-,25?,26+,27+,28?,29+,30-,31?,32?/m1/s1. The van der Waals surface area contributed by atoms with Crippen molar-refractivity contribution in [2.45, 2.75) is 103 Å². The van der Waals surface area contributed by atoms with Crippen LogP contribution in [0.15, 0.2) is 30.3 Å². The number of aliphatic hydroxyl groups is 2. The van der Waals surface area contributed by atoms with E-state index in [1.807, 2.05) is 30.3 Å². The van der Waals surface area contributed by atoms with Crippen molar-refractivity contribution in [3.8, 4) is 0 Å². The molecule has 0 heterocycles. The first-order chi connectivity index (χ1) is 18.0. The van der Waals surface area contributed by atoms with Crippen molar-refractivity contribution in [2.24, 2.45) is 52.3 Å². The molecule has 0 radical (unpaired) electrons. The third-order valence-electron chi connectivity index (χ3n) is 12.3. The molecule has 11 atom stereocenters. The summed E-state index contributed by atoms with van der Waals surface area (Å²) in [6.45, 7) is 10.0. The highest BCUT2D eigenvalue weighted by Crippen LogP contribution is 2.69. The van der Waals surface area contributed by atoms with E-state index in [9.17, 15) is 18.6 Å². The third kappa shape index (κ3) is 5.01. The van der Waals surface area contributed by atoms with Crippen LogP contribution in [0.2, 0.25) is 0 Å². The van der Waals surface area contributed by atoms with Crippen LogP contribution < -0.4 is 4.72 Å². The van der Waals surface area contributed by atoms with Gasteiger partial charge in [-0.15, -0.1) is 0 Å². The molecule has 4 aliphatic rings. The third-order valence-corrected chi connectivity index (χ3v) is 13.6. The molecule has 1 aromatic rings. The van der Waals surface area contributed by atoms with Crippen molar-refractivity contribution in [2.75, 3.05) is 6.54 Å². The van der Waals surface area contributed by atoms with Crippen molar-refractivity contribution in [1.82, 2.24) is 4.72 Å². The molecule has 1 aromatic carbocycles. The van der Waals surface area contributed by atoms with Gasteiger partial charge in [-0.2, -0.15) is 0 Å². The largest absolute Gasteiger partial charge is 0.393 e. The van der Waals surface area contributed by atoms with Crippen molar-refractivity contribution >= 4 is 10.0 Å². The Morgan fingerprint density at radius 3 is 2.37 bits per heavy atom. The average Bonchev–Trinajstić information content (AvgIpc) is 3.23. The molecule has 5 rings (SSSR count). The summed E-state index contributed by atoms with van der Waals surface area (Å²) < 4.78 is 28.2. The number of fused-ring (bicyclic) bond motifs is 5. The SMILES string of the molecule is CC[C@@H]1C2C[C@H](O)CCC2(C)[C@H]2CCC3(C)C([C@H](C)CCNS(=O)(=O)Cc4ccccc4)CC[C@H]3[C@@H]2[C@@H]1O. The lowest BCUT2D eigenvalue weighted by Crippen LogP contribution is -2.62. The fourth-order valence-electron chi connectivity index (χ4n) is 10.4. The number of aliphatic hydroxyl groups excluding tert-OH is 2. The lowest BCUT2D eigenvalue weighted by atomic mass is 9.41. The molecule has 5 nitrogen and oxygen atoms in total. The topological polar surface area (TPSA) is 86.6 Å². The first kappa shape index (κ1) is 28.6. The number of hydrogen-bond donors (Lipinski definition) is 3. The van der Waals surface area contributed by atoms with E-state index in [-0.39, 0.29) is 34.7 Å². The molecule has 3 N–H and O–H groups in total. The Balaban J connectivity index is 1.26. The predicted octanol–water partition coefficient (Wildman–Crippen LogP) is 5.76. The summed E-state index contributed by atoms with van der Waals surface area (Å²) in [6.07, 6.45) is 8.99. The Morgan fingerprint density at radius 2 is 1.66 bits per heavy atom. The van der Waals surface area contributed by atoms with Gasteiger partial charge >= 0.3 is 0 Å². The number of rotatable bonds is 8. The second kappa shape index (κ2) is 10.8. The van der Waals surface area contributed by atoms with Gasteiger partial charge in [-0.1, -0.05) is 64.4 Å².